The number of ether oxygens (including phenoxy) is 4. The van der Waals surface area contributed by atoms with Crippen LogP contribution < -0.4 is 5.32 Å². The molecule has 87 heavy (non-hydrogen) atoms. The van der Waals surface area contributed by atoms with E-state index >= 15 is 0 Å². The third kappa shape index (κ3) is 40.7. The topological polar surface area (TPSA) is 228 Å². The van der Waals surface area contributed by atoms with Gasteiger partial charge in [-0.05, 0) is 89.9 Å². The summed E-state index contributed by atoms with van der Waals surface area (Å²) in [6.07, 6.45) is 65.4. The van der Waals surface area contributed by atoms with Crippen LogP contribution in [-0.2, 0) is 23.7 Å². The third-order valence-electron chi connectivity index (χ3n) is 15.9. The Morgan fingerprint density at radius 1 is 0.425 bits per heavy atom. The second-order valence-electron chi connectivity index (χ2n) is 23.6. The average molecular weight is 1220 g/mol. The second-order valence-corrected chi connectivity index (χ2v) is 23.6. The minimum atomic E-state index is -1.79. The van der Waals surface area contributed by atoms with E-state index in [0.29, 0.717) is 6.42 Å². The van der Waals surface area contributed by atoms with E-state index in [1.54, 1.807) is 6.08 Å². The molecular weight excluding hydrogens is 1100 g/mol. The molecule has 9 N–H and O–H groups in total. The monoisotopic (exact) mass is 1220 g/mol. The number of hydrogen-bond acceptors (Lipinski definition) is 13. The number of carbonyl (C=O) groups excluding carboxylic acids is 1. The summed E-state index contributed by atoms with van der Waals surface area (Å²) >= 11 is 0. The third-order valence-corrected chi connectivity index (χ3v) is 15.9. The molecule has 2 rings (SSSR count). The molecule has 0 radical (unpaired) electrons. The van der Waals surface area contributed by atoms with Crippen molar-refractivity contribution < 1.29 is 64.6 Å². The highest BCUT2D eigenvalue weighted by Gasteiger charge is 2.51. The zero-order valence-electron chi connectivity index (χ0n) is 54.0. The minimum Gasteiger partial charge on any atom is -0.394 e. The standard InChI is InChI=1S/C73H123NO13/c1-3-5-7-9-11-13-15-17-19-20-21-22-23-24-25-26-27-28-29-30-31-32-33-34-35-36-37-38-39-40-41-42-43-45-47-49-51-53-55-57-65(78)74-61(62(77)56-54-52-50-48-46-44-18-16-14-12-10-8-6-4-2)60-84-72-70(83)68(81)71(64(59-76)86-72)87-73-69(82)67(80)66(79)63(58-75)85-73/h5,7,11,13,17,19,21-22,24-25,27-28,30-31,33-34,36-37,54,56,61-64,66-73,75-77,79-83H,3-4,6,8-10,12,14-16,18,20,23,26,29,32,35,38-53,55,57-60H2,1-2H3,(H,74,78)/b7-5-,13-11-,19-17-,22-21-,25-24-,28-27-,31-30-,34-33-,37-36-,56-54+. The van der Waals surface area contributed by atoms with E-state index in [1.165, 1.54) is 109 Å². The molecule has 0 aliphatic carbocycles. The molecule has 498 valence electrons. The molecule has 2 fully saturated rings. The van der Waals surface area contributed by atoms with Crippen molar-refractivity contribution in [2.45, 2.75) is 312 Å². The summed E-state index contributed by atoms with van der Waals surface area (Å²) in [5.41, 5.74) is 0. The fourth-order valence-corrected chi connectivity index (χ4v) is 10.5. The predicted octanol–water partition coefficient (Wildman–Crippen LogP) is 13.7. The Kier molecular flexibility index (Phi) is 51.5. The van der Waals surface area contributed by atoms with E-state index in [0.717, 1.165) is 103 Å². The van der Waals surface area contributed by atoms with Crippen LogP contribution in [0, 0.1) is 0 Å². The van der Waals surface area contributed by atoms with Crippen molar-refractivity contribution in [3.8, 4) is 0 Å². The molecule has 14 heteroatoms. The van der Waals surface area contributed by atoms with Crippen LogP contribution in [0.1, 0.15) is 239 Å². The number of rotatable bonds is 54. The van der Waals surface area contributed by atoms with E-state index in [2.05, 4.69) is 129 Å². The number of amides is 1. The van der Waals surface area contributed by atoms with Crippen LogP contribution in [0.3, 0.4) is 0 Å². The fourth-order valence-electron chi connectivity index (χ4n) is 10.5. The van der Waals surface area contributed by atoms with Crippen molar-refractivity contribution in [1.82, 2.24) is 5.32 Å². The quantitative estimate of drug-likeness (QED) is 0.0204. The highest BCUT2D eigenvalue weighted by Crippen LogP contribution is 2.30. The molecule has 1 amide bonds. The van der Waals surface area contributed by atoms with Gasteiger partial charge >= 0.3 is 0 Å². The molecule has 14 nitrogen and oxygen atoms in total. The lowest BCUT2D eigenvalue weighted by Crippen LogP contribution is -2.65. The number of carbonyl (C=O) groups is 1. The van der Waals surface area contributed by atoms with Crippen LogP contribution in [0.5, 0.6) is 0 Å². The Hall–Kier alpha value is -3.61. The van der Waals surface area contributed by atoms with E-state index in [4.69, 9.17) is 18.9 Å². The lowest BCUT2D eigenvalue weighted by Gasteiger charge is -2.46. The largest absolute Gasteiger partial charge is 0.394 e. The summed E-state index contributed by atoms with van der Waals surface area (Å²) in [6, 6.07) is -0.923. The van der Waals surface area contributed by atoms with Gasteiger partial charge in [0.1, 0.15) is 48.8 Å². The van der Waals surface area contributed by atoms with Gasteiger partial charge in [0.2, 0.25) is 5.91 Å². The molecular formula is C73H123NO13. The number of unbranched alkanes of at least 4 members (excludes halogenated alkanes) is 23. The van der Waals surface area contributed by atoms with E-state index in [1.807, 2.05) is 6.08 Å². The molecule has 2 aliphatic heterocycles. The van der Waals surface area contributed by atoms with Gasteiger partial charge in [0.05, 0.1) is 32.0 Å². The first kappa shape index (κ1) is 79.5. The Morgan fingerprint density at radius 3 is 1.22 bits per heavy atom. The summed E-state index contributed by atoms with van der Waals surface area (Å²) < 4.78 is 22.8. The van der Waals surface area contributed by atoms with Crippen LogP contribution >= 0.6 is 0 Å². The van der Waals surface area contributed by atoms with Gasteiger partial charge in [-0.2, -0.15) is 0 Å². The number of hydrogen-bond donors (Lipinski definition) is 9. The van der Waals surface area contributed by atoms with Crippen LogP contribution in [0.4, 0.5) is 0 Å². The molecule has 2 heterocycles. The maximum atomic E-state index is 13.3. The van der Waals surface area contributed by atoms with Gasteiger partial charge in [0.25, 0.3) is 0 Å². The average Bonchev–Trinajstić information content (AvgIpc) is 2.05. The van der Waals surface area contributed by atoms with Crippen molar-refractivity contribution in [2.75, 3.05) is 19.8 Å². The van der Waals surface area contributed by atoms with Gasteiger partial charge in [-0.25, -0.2) is 0 Å². The zero-order valence-corrected chi connectivity index (χ0v) is 54.0. The van der Waals surface area contributed by atoms with Gasteiger partial charge in [0, 0.05) is 6.42 Å². The second kappa shape index (κ2) is 56.4. The maximum Gasteiger partial charge on any atom is 0.220 e. The molecule has 0 spiro atoms. The summed E-state index contributed by atoms with van der Waals surface area (Å²) in [6.45, 7) is 2.67. The van der Waals surface area contributed by atoms with Crippen LogP contribution in [0.25, 0.3) is 0 Å². The van der Waals surface area contributed by atoms with Crippen molar-refractivity contribution in [3.63, 3.8) is 0 Å². The molecule has 12 unspecified atom stereocenters. The van der Waals surface area contributed by atoms with Crippen molar-refractivity contribution in [3.05, 3.63) is 122 Å². The van der Waals surface area contributed by atoms with Crippen molar-refractivity contribution >= 4 is 5.91 Å². The lowest BCUT2D eigenvalue weighted by atomic mass is 9.97. The summed E-state index contributed by atoms with van der Waals surface area (Å²) in [7, 11) is 0. The van der Waals surface area contributed by atoms with Gasteiger partial charge in [-0.1, -0.05) is 264 Å². The molecule has 0 saturated carbocycles. The molecule has 2 saturated heterocycles. The molecule has 12 atom stereocenters. The highest BCUT2D eigenvalue weighted by atomic mass is 16.7. The van der Waals surface area contributed by atoms with Gasteiger partial charge in [-0.3, -0.25) is 4.79 Å². The molecule has 2 aliphatic rings. The van der Waals surface area contributed by atoms with Crippen LogP contribution in [-0.4, -0.2) is 140 Å². The molecule has 0 bridgehead atoms. The zero-order chi connectivity index (χ0) is 63.1. The number of aliphatic hydroxyl groups is 8. The molecule has 0 aromatic rings. The summed E-state index contributed by atoms with van der Waals surface area (Å²) in [5.74, 6) is -0.247. The molecule has 0 aromatic heterocycles. The number of nitrogens with one attached hydrogen (secondary N) is 1. The summed E-state index contributed by atoms with van der Waals surface area (Å²) in [4.78, 5) is 13.3. The Morgan fingerprint density at radius 2 is 0.793 bits per heavy atom. The van der Waals surface area contributed by atoms with Crippen LogP contribution in [0.15, 0.2) is 122 Å². The minimum absolute atomic E-state index is 0.247. The Labute approximate surface area is 527 Å². The SMILES string of the molecule is CC/C=C\C/C=C\C/C=C\C/C=C\C/C=C\C/C=C\C/C=C\C/C=C\C/C=C\CCCCCCCCCCCCCC(=O)NC(COC1OC(CO)C(OC2OC(CO)C(O)C(O)C2O)C(O)C1O)C(O)/C=C/CCCCCCCCCCCCCC. The first-order chi connectivity index (χ1) is 42.6. The Bertz CT molecular complexity index is 1920. The van der Waals surface area contributed by atoms with Gasteiger partial charge in [-0.15, -0.1) is 0 Å². The van der Waals surface area contributed by atoms with E-state index in [9.17, 15) is 45.6 Å². The van der Waals surface area contributed by atoms with Crippen molar-refractivity contribution in [2.24, 2.45) is 0 Å². The normalized spacial score (nSPS) is 24.1. The van der Waals surface area contributed by atoms with E-state index < -0.39 is 86.8 Å². The first-order valence-electron chi connectivity index (χ1n) is 34.3. The lowest BCUT2D eigenvalue weighted by molar-refractivity contribution is -0.359. The Balaban J connectivity index is 1.62. The fraction of sp³-hybridized carbons (Fsp3) is 0.712. The van der Waals surface area contributed by atoms with E-state index in [-0.39, 0.29) is 18.9 Å². The summed E-state index contributed by atoms with van der Waals surface area (Å²) in [5, 5.41) is 87.2. The maximum absolute atomic E-state index is 13.3. The smallest absolute Gasteiger partial charge is 0.220 e. The van der Waals surface area contributed by atoms with Crippen LogP contribution in [0.2, 0.25) is 0 Å². The number of allylic oxidation sites excluding steroid dienone is 19. The van der Waals surface area contributed by atoms with Gasteiger partial charge in [0.15, 0.2) is 12.6 Å². The predicted molar refractivity (Wildman–Crippen MR) is 355 cm³/mol. The van der Waals surface area contributed by atoms with Crippen molar-refractivity contribution in [1.29, 1.82) is 0 Å². The first-order valence-corrected chi connectivity index (χ1v) is 34.3. The number of aliphatic hydroxyl groups excluding tert-OH is 8. The van der Waals surface area contributed by atoms with Gasteiger partial charge < -0.3 is 65.1 Å². The highest BCUT2D eigenvalue weighted by molar-refractivity contribution is 5.76. The molecule has 0 aromatic carbocycles.